The maximum absolute atomic E-state index is 12.4. The van der Waals surface area contributed by atoms with Gasteiger partial charge >= 0.3 is 0 Å². The molecule has 0 unspecified atom stereocenters. The van der Waals surface area contributed by atoms with E-state index >= 15 is 0 Å². The number of ether oxygens (including phenoxy) is 1. The van der Waals surface area contributed by atoms with Gasteiger partial charge in [0.2, 0.25) is 11.8 Å². The fraction of sp³-hybridized carbons (Fsp3) is 0.250. The number of amides is 2. The van der Waals surface area contributed by atoms with E-state index in [1.807, 2.05) is 43.3 Å². The molecule has 0 bridgehead atoms. The highest BCUT2D eigenvalue weighted by Gasteiger charge is 2.11. The number of benzene rings is 2. The third-order valence-electron chi connectivity index (χ3n) is 4.49. The van der Waals surface area contributed by atoms with Crippen molar-refractivity contribution in [1.29, 1.82) is 0 Å². The van der Waals surface area contributed by atoms with Gasteiger partial charge in [0.1, 0.15) is 5.75 Å². The quantitative estimate of drug-likeness (QED) is 0.296. The van der Waals surface area contributed by atoms with Gasteiger partial charge < -0.3 is 20.4 Å². The summed E-state index contributed by atoms with van der Waals surface area (Å²) in [5.74, 6) is 0.144. The van der Waals surface area contributed by atoms with E-state index in [0.29, 0.717) is 30.3 Å². The van der Waals surface area contributed by atoms with Crippen LogP contribution in [0.5, 0.6) is 5.75 Å². The molecular formula is C24H26N4O4S. The minimum Gasteiger partial charge on any atom is -0.492 e. The Bertz CT molecular complexity index is 1130. The standard InChI is InChI=1S/C24H26N4O4S/c1-2-32-20-11-7-6-10-19(20)27-23(31)16-33-24-26-18(15-22(30)28-24)14-21(29)25-13-12-17-8-4-3-5-9-17/h3-11,15H,2,12-14,16H2,1H3,(H,25,29)(H,27,31)(H,26,28,30). The highest BCUT2D eigenvalue weighted by Crippen LogP contribution is 2.24. The van der Waals surface area contributed by atoms with Crippen LogP contribution < -0.4 is 20.9 Å². The maximum atomic E-state index is 12.4. The molecule has 2 aromatic carbocycles. The third kappa shape index (κ3) is 8.12. The summed E-state index contributed by atoms with van der Waals surface area (Å²) in [5.41, 5.74) is 1.68. The van der Waals surface area contributed by atoms with Gasteiger partial charge in [0.25, 0.3) is 5.56 Å². The Morgan fingerprint density at radius 1 is 1.06 bits per heavy atom. The molecule has 0 aliphatic rings. The highest BCUT2D eigenvalue weighted by atomic mass is 32.2. The summed E-state index contributed by atoms with van der Waals surface area (Å²) in [7, 11) is 0. The van der Waals surface area contributed by atoms with Crippen molar-refractivity contribution < 1.29 is 14.3 Å². The van der Waals surface area contributed by atoms with Crippen molar-refractivity contribution in [3.63, 3.8) is 0 Å². The number of nitrogens with one attached hydrogen (secondary N) is 3. The van der Waals surface area contributed by atoms with Crippen LogP contribution in [0, 0.1) is 0 Å². The second-order valence-corrected chi connectivity index (χ2v) is 8.03. The normalized spacial score (nSPS) is 10.5. The number of H-pyrrole nitrogens is 1. The van der Waals surface area contributed by atoms with E-state index in [2.05, 4.69) is 20.6 Å². The zero-order valence-corrected chi connectivity index (χ0v) is 19.1. The number of aromatic amines is 1. The first-order valence-corrected chi connectivity index (χ1v) is 11.6. The lowest BCUT2D eigenvalue weighted by atomic mass is 10.1. The number of anilines is 1. The molecule has 8 nitrogen and oxygen atoms in total. The minimum atomic E-state index is -0.373. The number of nitrogens with zero attached hydrogens (tertiary/aromatic N) is 1. The Morgan fingerprint density at radius 2 is 1.82 bits per heavy atom. The molecule has 0 saturated heterocycles. The second-order valence-electron chi connectivity index (χ2n) is 7.07. The van der Waals surface area contributed by atoms with Crippen LogP contribution in [-0.4, -0.2) is 40.7 Å². The van der Waals surface area contributed by atoms with E-state index in [9.17, 15) is 14.4 Å². The molecule has 0 aliphatic carbocycles. The van der Waals surface area contributed by atoms with Gasteiger partial charge in [-0.1, -0.05) is 54.2 Å². The molecule has 0 fully saturated rings. The summed E-state index contributed by atoms with van der Waals surface area (Å²) in [6.07, 6.45) is 0.707. The zero-order chi connectivity index (χ0) is 23.5. The van der Waals surface area contributed by atoms with Gasteiger partial charge in [-0.05, 0) is 31.0 Å². The number of thioether (sulfide) groups is 1. The predicted molar refractivity (Wildman–Crippen MR) is 129 cm³/mol. The highest BCUT2D eigenvalue weighted by molar-refractivity contribution is 7.99. The summed E-state index contributed by atoms with van der Waals surface area (Å²) in [4.78, 5) is 43.5. The van der Waals surface area contributed by atoms with Crippen molar-refractivity contribution in [3.8, 4) is 5.75 Å². The molecule has 1 heterocycles. The number of hydrogen-bond donors (Lipinski definition) is 3. The van der Waals surface area contributed by atoms with Crippen LogP contribution in [0.3, 0.4) is 0 Å². The van der Waals surface area contributed by atoms with Crippen LogP contribution in [0.2, 0.25) is 0 Å². The van der Waals surface area contributed by atoms with Crippen LogP contribution in [0.4, 0.5) is 5.69 Å². The summed E-state index contributed by atoms with van der Waals surface area (Å²) in [6, 6.07) is 18.3. The molecule has 33 heavy (non-hydrogen) atoms. The van der Waals surface area contributed by atoms with E-state index in [-0.39, 0.29) is 34.7 Å². The number of para-hydroxylation sites is 2. The molecule has 0 saturated carbocycles. The maximum Gasteiger partial charge on any atom is 0.251 e. The van der Waals surface area contributed by atoms with E-state index in [1.54, 1.807) is 18.2 Å². The van der Waals surface area contributed by atoms with Gasteiger partial charge in [-0.25, -0.2) is 4.98 Å². The van der Waals surface area contributed by atoms with Crippen LogP contribution in [0.1, 0.15) is 18.2 Å². The van der Waals surface area contributed by atoms with Gasteiger partial charge in [0.15, 0.2) is 5.16 Å². The molecule has 3 rings (SSSR count). The third-order valence-corrected chi connectivity index (χ3v) is 5.37. The van der Waals surface area contributed by atoms with E-state index in [4.69, 9.17) is 4.74 Å². The molecule has 1 aromatic heterocycles. The smallest absolute Gasteiger partial charge is 0.251 e. The molecule has 0 atom stereocenters. The largest absolute Gasteiger partial charge is 0.492 e. The average Bonchev–Trinajstić information content (AvgIpc) is 2.79. The van der Waals surface area contributed by atoms with E-state index < -0.39 is 0 Å². The molecule has 172 valence electrons. The number of aromatic nitrogens is 2. The van der Waals surface area contributed by atoms with Gasteiger partial charge in [0, 0.05) is 12.6 Å². The molecule has 0 spiro atoms. The van der Waals surface area contributed by atoms with E-state index in [0.717, 1.165) is 23.7 Å². The van der Waals surface area contributed by atoms with Crippen molar-refractivity contribution in [2.45, 2.75) is 24.9 Å². The van der Waals surface area contributed by atoms with Crippen molar-refractivity contribution in [1.82, 2.24) is 15.3 Å². The topological polar surface area (TPSA) is 113 Å². The Hall–Kier alpha value is -3.59. The van der Waals surface area contributed by atoms with Gasteiger partial charge in [-0.15, -0.1) is 0 Å². The molecule has 0 aliphatic heterocycles. The lowest BCUT2D eigenvalue weighted by Crippen LogP contribution is -2.28. The molecule has 9 heteroatoms. The van der Waals surface area contributed by atoms with E-state index in [1.165, 1.54) is 6.07 Å². The number of carbonyl (C=O) groups excluding carboxylic acids is 2. The summed E-state index contributed by atoms with van der Waals surface area (Å²) in [6.45, 7) is 2.85. The summed E-state index contributed by atoms with van der Waals surface area (Å²) >= 11 is 1.09. The monoisotopic (exact) mass is 466 g/mol. The Balaban J connectivity index is 1.50. The van der Waals surface area contributed by atoms with Gasteiger partial charge in [-0.2, -0.15) is 0 Å². The number of hydrogen-bond acceptors (Lipinski definition) is 6. The minimum absolute atomic E-state index is 0.0137. The van der Waals surface area contributed by atoms with Crippen molar-refractivity contribution in [3.05, 3.63) is 82.3 Å². The number of rotatable bonds is 11. The molecule has 2 amide bonds. The first-order chi connectivity index (χ1) is 16.0. The van der Waals surface area contributed by atoms with Crippen LogP contribution in [0.15, 0.2) is 70.6 Å². The molecule has 0 radical (unpaired) electrons. The Kier molecular flexibility index (Phi) is 9.08. The van der Waals surface area contributed by atoms with Gasteiger partial charge in [-0.3, -0.25) is 14.4 Å². The zero-order valence-electron chi connectivity index (χ0n) is 18.3. The van der Waals surface area contributed by atoms with Crippen LogP contribution in [-0.2, 0) is 22.4 Å². The van der Waals surface area contributed by atoms with Crippen molar-refractivity contribution >= 4 is 29.3 Å². The molecular weight excluding hydrogens is 440 g/mol. The van der Waals surface area contributed by atoms with Crippen LogP contribution in [0.25, 0.3) is 0 Å². The summed E-state index contributed by atoms with van der Waals surface area (Å²) in [5, 5.41) is 5.91. The molecule has 3 N–H and O–H groups in total. The fourth-order valence-corrected chi connectivity index (χ4v) is 3.73. The Morgan fingerprint density at radius 3 is 2.61 bits per heavy atom. The fourth-order valence-electron chi connectivity index (χ4n) is 3.03. The van der Waals surface area contributed by atoms with Crippen molar-refractivity contribution in [2.75, 3.05) is 24.2 Å². The average molecular weight is 467 g/mol. The predicted octanol–water partition coefficient (Wildman–Crippen LogP) is 2.80. The molecule has 3 aromatic rings. The van der Waals surface area contributed by atoms with Gasteiger partial charge in [0.05, 0.1) is 30.2 Å². The number of carbonyl (C=O) groups is 2. The first kappa shape index (κ1) is 24.1. The second kappa shape index (κ2) is 12.4. The van der Waals surface area contributed by atoms with Crippen molar-refractivity contribution in [2.24, 2.45) is 0 Å². The lowest BCUT2D eigenvalue weighted by molar-refractivity contribution is -0.120. The van der Waals surface area contributed by atoms with Crippen LogP contribution >= 0.6 is 11.8 Å². The SMILES string of the molecule is CCOc1ccccc1NC(=O)CSc1nc(CC(=O)NCCc2ccccc2)cc(=O)[nH]1. The first-order valence-electron chi connectivity index (χ1n) is 10.6. The summed E-state index contributed by atoms with van der Waals surface area (Å²) < 4.78 is 5.50. The lowest BCUT2D eigenvalue weighted by Gasteiger charge is -2.11. The Labute approximate surface area is 196 Å².